The predicted octanol–water partition coefficient (Wildman–Crippen LogP) is 7.86. The maximum atomic E-state index is 14.3. The molecule has 1 unspecified atom stereocenters. The zero-order valence-corrected chi connectivity index (χ0v) is 21.1. The van der Waals surface area contributed by atoms with Crippen LogP contribution in [-0.2, 0) is 13.6 Å². The van der Waals surface area contributed by atoms with Gasteiger partial charge in [0.25, 0.3) is 0 Å². The largest absolute Gasteiger partial charge is 0.350 e. The fourth-order valence-corrected chi connectivity index (χ4v) is 7.23. The number of benzene rings is 3. The van der Waals surface area contributed by atoms with E-state index in [1.807, 2.05) is 88.4 Å². The SMILES string of the molecule is CC(C)OP(=O)(OC(C)C)[C@H]1[C@@H](c2ccc(Cl)cc2)N1C(c1ccccc1)c1ccccc1. The zero-order valence-electron chi connectivity index (χ0n) is 19.5. The molecule has 0 N–H and O–H groups in total. The zero-order chi connectivity index (χ0) is 23.6. The Morgan fingerprint density at radius 3 is 1.64 bits per heavy atom. The third-order valence-corrected chi connectivity index (χ3v) is 8.48. The molecule has 4 rings (SSSR count). The fraction of sp³-hybridized carbons (Fsp3) is 0.333. The molecule has 4 nitrogen and oxygen atoms in total. The summed E-state index contributed by atoms with van der Waals surface area (Å²) in [6.45, 7) is 7.58. The summed E-state index contributed by atoms with van der Waals surface area (Å²) in [7, 11) is -3.48. The molecule has 1 aliphatic rings. The van der Waals surface area contributed by atoms with Crippen LogP contribution in [0.25, 0.3) is 0 Å². The summed E-state index contributed by atoms with van der Waals surface area (Å²) in [5.74, 6) is -0.408. The standard InChI is InChI=1S/C27H31ClNO3P/c1-19(2)31-33(30,32-20(3)4)27-26(23-15-17-24(28)18-16-23)29(27)25(21-11-7-5-8-12-21)22-13-9-6-10-14-22/h5-20,25-27H,1-4H3/t26-,27+,29?/m1/s1. The van der Waals surface area contributed by atoms with Gasteiger partial charge in [0.05, 0.1) is 24.3 Å². The summed E-state index contributed by atoms with van der Waals surface area (Å²) in [5.41, 5.74) is 3.30. The van der Waals surface area contributed by atoms with E-state index < -0.39 is 13.4 Å². The van der Waals surface area contributed by atoms with Gasteiger partial charge in [-0.2, -0.15) is 0 Å². The van der Waals surface area contributed by atoms with Gasteiger partial charge in [-0.15, -0.1) is 0 Å². The van der Waals surface area contributed by atoms with E-state index in [2.05, 4.69) is 29.2 Å². The summed E-state index contributed by atoms with van der Waals surface area (Å²) in [6.07, 6.45) is -0.454. The number of halogens is 1. The van der Waals surface area contributed by atoms with E-state index in [1.165, 1.54) is 0 Å². The van der Waals surface area contributed by atoms with Crippen LogP contribution in [0.1, 0.15) is 56.5 Å². The van der Waals surface area contributed by atoms with Crippen LogP contribution in [0.5, 0.6) is 0 Å². The Morgan fingerprint density at radius 1 is 0.758 bits per heavy atom. The maximum absolute atomic E-state index is 14.3. The minimum absolute atomic E-state index is 0.0991. The molecule has 1 aliphatic heterocycles. The number of hydrogen-bond donors (Lipinski definition) is 0. The second-order valence-electron chi connectivity index (χ2n) is 8.93. The second kappa shape index (κ2) is 10.1. The highest BCUT2D eigenvalue weighted by molar-refractivity contribution is 7.55. The van der Waals surface area contributed by atoms with E-state index in [0.717, 1.165) is 16.7 Å². The Hall–Kier alpha value is -1.94. The Kier molecular flexibility index (Phi) is 7.43. The molecule has 6 heteroatoms. The van der Waals surface area contributed by atoms with E-state index in [4.69, 9.17) is 20.6 Å². The lowest BCUT2D eigenvalue weighted by Gasteiger charge is -2.25. The van der Waals surface area contributed by atoms with Crippen LogP contribution < -0.4 is 0 Å². The third kappa shape index (κ3) is 5.42. The van der Waals surface area contributed by atoms with Crippen LogP contribution in [0, 0.1) is 0 Å². The fourth-order valence-electron chi connectivity index (χ4n) is 4.43. The first-order valence-electron chi connectivity index (χ1n) is 11.4. The topological polar surface area (TPSA) is 38.5 Å². The highest BCUT2D eigenvalue weighted by Crippen LogP contribution is 2.71. The maximum Gasteiger partial charge on any atom is 0.350 e. The summed E-state index contributed by atoms with van der Waals surface area (Å²) < 4.78 is 26.4. The molecule has 0 aromatic heterocycles. The van der Waals surface area contributed by atoms with Gasteiger partial charge in [0.2, 0.25) is 0 Å². The van der Waals surface area contributed by atoms with Crippen LogP contribution in [0.2, 0.25) is 5.02 Å². The molecule has 0 bridgehead atoms. The van der Waals surface area contributed by atoms with Crippen LogP contribution in [0.4, 0.5) is 0 Å². The van der Waals surface area contributed by atoms with Crippen LogP contribution >= 0.6 is 19.2 Å². The van der Waals surface area contributed by atoms with E-state index in [0.29, 0.717) is 5.02 Å². The van der Waals surface area contributed by atoms with Gasteiger partial charge in [0.1, 0.15) is 5.78 Å². The van der Waals surface area contributed by atoms with E-state index in [9.17, 15) is 4.57 Å². The van der Waals surface area contributed by atoms with Crippen molar-refractivity contribution < 1.29 is 13.6 Å². The van der Waals surface area contributed by atoms with Crippen LogP contribution in [0.15, 0.2) is 84.9 Å². The van der Waals surface area contributed by atoms with Gasteiger partial charge in [-0.1, -0.05) is 84.4 Å². The van der Waals surface area contributed by atoms with Gasteiger partial charge >= 0.3 is 7.60 Å². The van der Waals surface area contributed by atoms with Crippen molar-refractivity contribution >= 4 is 19.2 Å². The molecule has 1 fully saturated rings. The average Bonchev–Trinajstić information content (AvgIpc) is 3.51. The molecule has 3 aromatic rings. The van der Waals surface area contributed by atoms with Crippen LogP contribution in [0.3, 0.4) is 0 Å². The summed E-state index contributed by atoms with van der Waals surface area (Å²) in [6, 6.07) is 28.2. The first kappa shape index (κ1) is 24.2. The van der Waals surface area contributed by atoms with Crippen molar-refractivity contribution in [2.24, 2.45) is 0 Å². The molecule has 1 heterocycles. The van der Waals surface area contributed by atoms with Crippen molar-refractivity contribution in [1.29, 1.82) is 0 Å². The first-order chi connectivity index (χ1) is 15.8. The highest BCUT2D eigenvalue weighted by Gasteiger charge is 2.64. The van der Waals surface area contributed by atoms with Gasteiger partial charge < -0.3 is 9.05 Å². The highest BCUT2D eigenvalue weighted by atomic mass is 35.5. The minimum Gasteiger partial charge on any atom is -0.305 e. The van der Waals surface area contributed by atoms with Gasteiger partial charge in [-0.3, -0.25) is 9.46 Å². The second-order valence-corrected chi connectivity index (χ2v) is 11.4. The van der Waals surface area contributed by atoms with Crippen LogP contribution in [-0.4, -0.2) is 22.9 Å². The number of hydrogen-bond acceptors (Lipinski definition) is 4. The van der Waals surface area contributed by atoms with Gasteiger partial charge in [0.15, 0.2) is 0 Å². The van der Waals surface area contributed by atoms with E-state index in [1.54, 1.807) is 0 Å². The molecule has 0 radical (unpaired) electrons. The molecule has 0 spiro atoms. The van der Waals surface area contributed by atoms with Crippen molar-refractivity contribution in [3.63, 3.8) is 0 Å². The molecule has 1 saturated heterocycles. The molecule has 0 aliphatic carbocycles. The van der Waals surface area contributed by atoms with E-state index in [-0.39, 0.29) is 24.3 Å². The molecular formula is C27H31ClNO3P. The normalized spacial score (nSPS) is 20.5. The quantitative estimate of drug-likeness (QED) is 0.229. The molecule has 3 atom stereocenters. The molecule has 0 saturated carbocycles. The lowest BCUT2D eigenvalue weighted by molar-refractivity contribution is 0.138. The monoisotopic (exact) mass is 483 g/mol. The Balaban J connectivity index is 1.84. The van der Waals surface area contributed by atoms with Crippen molar-refractivity contribution in [2.75, 3.05) is 0 Å². The Morgan fingerprint density at radius 2 is 1.21 bits per heavy atom. The Bertz CT molecular complexity index is 1040. The number of nitrogens with zero attached hydrogens (tertiary/aromatic N) is 1. The van der Waals surface area contributed by atoms with Gasteiger partial charge in [-0.25, -0.2) is 0 Å². The molecule has 0 amide bonds. The number of rotatable bonds is 9. The average molecular weight is 484 g/mol. The molecule has 33 heavy (non-hydrogen) atoms. The molecule has 3 aromatic carbocycles. The van der Waals surface area contributed by atoms with Crippen molar-refractivity contribution in [1.82, 2.24) is 4.90 Å². The smallest absolute Gasteiger partial charge is 0.305 e. The third-order valence-electron chi connectivity index (χ3n) is 5.60. The minimum atomic E-state index is -3.48. The van der Waals surface area contributed by atoms with Gasteiger partial charge in [-0.05, 0) is 56.5 Å². The lowest BCUT2D eigenvalue weighted by Crippen LogP contribution is -2.18. The van der Waals surface area contributed by atoms with E-state index >= 15 is 0 Å². The van der Waals surface area contributed by atoms with Crippen molar-refractivity contribution in [3.05, 3.63) is 107 Å². The lowest BCUT2D eigenvalue weighted by atomic mass is 9.98. The summed E-state index contributed by atoms with van der Waals surface area (Å²) in [5, 5.41) is 0.671. The van der Waals surface area contributed by atoms with Crippen molar-refractivity contribution in [3.8, 4) is 0 Å². The molecular weight excluding hydrogens is 453 g/mol. The Labute approximate surface area is 202 Å². The predicted molar refractivity (Wildman–Crippen MR) is 135 cm³/mol. The first-order valence-corrected chi connectivity index (χ1v) is 13.4. The summed E-state index contributed by atoms with van der Waals surface area (Å²) >= 11 is 6.17. The van der Waals surface area contributed by atoms with Crippen molar-refractivity contribution in [2.45, 2.75) is 57.8 Å². The molecule has 174 valence electrons. The summed E-state index contributed by atoms with van der Waals surface area (Å²) in [4.78, 5) is 2.26. The van der Waals surface area contributed by atoms with Gasteiger partial charge in [0, 0.05) is 5.02 Å².